The van der Waals surface area contributed by atoms with Crippen LogP contribution in [-0.2, 0) is 28.7 Å². The Bertz CT molecular complexity index is 2280. The summed E-state index contributed by atoms with van der Waals surface area (Å²) < 4.78 is 43.6. The SMILES string of the molecule is COC(=O)c1ccc(N2CCN(c3ccc(Cc4ccccc4)cc3)C2=O)cc1.O=C(O)C1CN(Cc2ccc(N3CCN(c4cccc(C(F)(F)F)c4)C3=O)cc2)C1. The zero-order valence-electron chi connectivity index (χ0n) is 32.2. The topological polar surface area (TPSA) is 114 Å². The Balaban J connectivity index is 0.000000179. The smallest absolute Gasteiger partial charge is 0.416 e. The molecule has 3 saturated heterocycles. The van der Waals surface area contributed by atoms with E-state index >= 15 is 0 Å². The number of alkyl halides is 3. The van der Waals surface area contributed by atoms with Crippen LogP contribution in [0.2, 0.25) is 0 Å². The molecule has 3 fully saturated rings. The molecule has 3 aliphatic rings. The first-order chi connectivity index (χ1) is 28.4. The number of ether oxygens (including phenoxy) is 1. The van der Waals surface area contributed by atoms with Crippen LogP contribution in [0.5, 0.6) is 0 Å². The first kappa shape index (κ1) is 40.5. The van der Waals surface area contributed by atoms with Crippen molar-refractivity contribution in [2.24, 2.45) is 5.92 Å². The minimum atomic E-state index is -4.46. The van der Waals surface area contributed by atoms with Gasteiger partial charge in [0, 0.05) is 68.6 Å². The number of likely N-dealkylation sites (tertiary alicyclic amines) is 1. The number of halogens is 3. The van der Waals surface area contributed by atoms with E-state index in [4.69, 9.17) is 9.84 Å². The zero-order chi connectivity index (χ0) is 41.7. The average molecular weight is 806 g/mol. The van der Waals surface area contributed by atoms with Crippen molar-refractivity contribution in [1.82, 2.24) is 4.90 Å². The maximum absolute atomic E-state index is 13.0. The lowest BCUT2D eigenvalue weighted by Crippen LogP contribution is -2.49. The molecule has 3 heterocycles. The molecule has 0 radical (unpaired) electrons. The van der Waals surface area contributed by atoms with E-state index in [0.29, 0.717) is 57.1 Å². The fourth-order valence-corrected chi connectivity index (χ4v) is 7.30. The number of urea groups is 2. The van der Waals surface area contributed by atoms with Gasteiger partial charge < -0.3 is 9.84 Å². The zero-order valence-corrected chi connectivity index (χ0v) is 32.2. The van der Waals surface area contributed by atoms with E-state index in [-0.39, 0.29) is 29.6 Å². The number of hydrogen-bond donors (Lipinski definition) is 1. The van der Waals surface area contributed by atoms with Crippen LogP contribution in [0, 0.1) is 5.92 Å². The molecule has 11 nitrogen and oxygen atoms in total. The Labute approximate surface area is 339 Å². The molecule has 1 N–H and O–H groups in total. The molecule has 3 aliphatic heterocycles. The Morgan fingerprint density at radius 3 is 1.59 bits per heavy atom. The molecule has 0 spiro atoms. The van der Waals surface area contributed by atoms with Crippen molar-refractivity contribution in [3.05, 3.63) is 155 Å². The monoisotopic (exact) mass is 805 g/mol. The van der Waals surface area contributed by atoms with Crippen LogP contribution in [0.15, 0.2) is 127 Å². The largest absolute Gasteiger partial charge is 0.481 e. The second kappa shape index (κ2) is 17.4. The van der Waals surface area contributed by atoms with E-state index in [2.05, 4.69) is 24.3 Å². The van der Waals surface area contributed by atoms with Gasteiger partial charge in [-0.2, -0.15) is 13.2 Å². The van der Waals surface area contributed by atoms with Crippen molar-refractivity contribution in [2.75, 3.05) is 66.0 Å². The van der Waals surface area contributed by atoms with Gasteiger partial charge in [0.25, 0.3) is 0 Å². The van der Waals surface area contributed by atoms with Gasteiger partial charge in [-0.1, -0.05) is 60.7 Å². The number of carbonyl (C=O) groups excluding carboxylic acids is 3. The van der Waals surface area contributed by atoms with Crippen molar-refractivity contribution >= 4 is 46.8 Å². The van der Waals surface area contributed by atoms with Crippen LogP contribution in [0.25, 0.3) is 0 Å². The quantitative estimate of drug-likeness (QED) is 0.142. The molecule has 59 heavy (non-hydrogen) atoms. The first-order valence-electron chi connectivity index (χ1n) is 19.1. The third-order valence-corrected chi connectivity index (χ3v) is 10.6. The third kappa shape index (κ3) is 9.39. The van der Waals surface area contributed by atoms with Crippen molar-refractivity contribution in [2.45, 2.75) is 19.1 Å². The number of rotatable bonds is 10. The van der Waals surface area contributed by atoms with E-state index in [1.54, 1.807) is 46.2 Å². The molecule has 0 aromatic heterocycles. The summed E-state index contributed by atoms with van der Waals surface area (Å²) in [4.78, 5) is 56.6. The molecule has 0 aliphatic carbocycles. The highest BCUT2D eigenvalue weighted by molar-refractivity contribution is 6.07. The van der Waals surface area contributed by atoms with E-state index in [9.17, 15) is 32.3 Å². The fraction of sp³-hybridized carbons (Fsp3) is 0.244. The van der Waals surface area contributed by atoms with Gasteiger partial charge in [0.15, 0.2) is 0 Å². The Morgan fingerprint density at radius 2 is 1.10 bits per heavy atom. The minimum absolute atomic E-state index is 0.0633. The number of carboxylic acid groups (broad SMARTS) is 1. The van der Waals surface area contributed by atoms with Crippen LogP contribution >= 0.6 is 0 Å². The predicted molar refractivity (Wildman–Crippen MR) is 218 cm³/mol. The number of carbonyl (C=O) groups is 4. The Hall–Kier alpha value is -6.67. The van der Waals surface area contributed by atoms with Crippen LogP contribution in [0.4, 0.5) is 45.5 Å². The summed E-state index contributed by atoms with van der Waals surface area (Å²) in [7, 11) is 1.35. The van der Waals surface area contributed by atoms with E-state index < -0.39 is 17.7 Å². The summed E-state index contributed by atoms with van der Waals surface area (Å²) >= 11 is 0. The molecule has 304 valence electrons. The molecular weight excluding hydrogens is 764 g/mol. The van der Waals surface area contributed by atoms with Gasteiger partial charge in [-0.15, -0.1) is 0 Å². The summed E-state index contributed by atoms with van der Waals surface area (Å²) in [6.07, 6.45) is -3.59. The average Bonchev–Trinajstić information content (AvgIpc) is 3.81. The van der Waals surface area contributed by atoms with Crippen LogP contribution < -0.4 is 19.6 Å². The number of anilines is 4. The molecular formula is C45H42F3N5O6. The number of nitrogens with zero attached hydrogens (tertiary/aromatic N) is 5. The molecule has 5 aromatic carbocycles. The molecule has 0 atom stereocenters. The van der Waals surface area contributed by atoms with Crippen LogP contribution in [0.1, 0.15) is 32.6 Å². The molecule has 5 aromatic rings. The highest BCUT2D eigenvalue weighted by atomic mass is 19.4. The maximum atomic E-state index is 13.0. The highest BCUT2D eigenvalue weighted by Gasteiger charge is 2.35. The van der Waals surface area contributed by atoms with Crippen LogP contribution in [0.3, 0.4) is 0 Å². The first-order valence-corrected chi connectivity index (χ1v) is 19.1. The summed E-state index contributed by atoms with van der Waals surface area (Å²) in [5.41, 5.74) is 5.71. The molecule has 14 heteroatoms. The lowest BCUT2D eigenvalue weighted by Gasteiger charge is -2.36. The Kier molecular flexibility index (Phi) is 12.0. The molecule has 0 saturated carbocycles. The van der Waals surface area contributed by atoms with Crippen LogP contribution in [-0.4, -0.2) is 80.4 Å². The highest BCUT2D eigenvalue weighted by Crippen LogP contribution is 2.34. The van der Waals surface area contributed by atoms with E-state index in [0.717, 1.165) is 35.5 Å². The van der Waals surface area contributed by atoms with Crippen molar-refractivity contribution < 1.29 is 42.2 Å². The van der Waals surface area contributed by atoms with Gasteiger partial charge in [-0.25, -0.2) is 14.4 Å². The lowest BCUT2D eigenvalue weighted by molar-refractivity contribution is -0.147. The lowest BCUT2D eigenvalue weighted by atomic mass is 9.99. The second-order valence-corrected chi connectivity index (χ2v) is 14.5. The fourth-order valence-electron chi connectivity index (χ4n) is 7.30. The molecule has 0 bridgehead atoms. The van der Waals surface area contributed by atoms with Crippen molar-refractivity contribution in [3.63, 3.8) is 0 Å². The van der Waals surface area contributed by atoms with E-state index in [1.807, 2.05) is 47.4 Å². The summed E-state index contributed by atoms with van der Waals surface area (Å²) in [5.74, 6) is -1.48. The molecule has 8 rings (SSSR count). The van der Waals surface area contributed by atoms with E-state index in [1.165, 1.54) is 40.2 Å². The molecule has 4 amide bonds. The van der Waals surface area contributed by atoms with Gasteiger partial charge in [0.1, 0.15) is 0 Å². The number of esters is 1. The number of methoxy groups -OCH3 is 1. The van der Waals surface area contributed by atoms with Gasteiger partial charge in [-0.3, -0.25) is 29.3 Å². The molecule has 0 unspecified atom stereocenters. The number of benzene rings is 5. The Morgan fingerprint density at radius 1 is 0.627 bits per heavy atom. The maximum Gasteiger partial charge on any atom is 0.416 e. The summed E-state index contributed by atoms with van der Waals surface area (Å²) in [5, 5.41) is 8.93. The van der Waals surface area contributed by atoms with Gasteiger partial charge in [0.05, 0.1) is 24.2 Å². The van der Waals surface area contributed by atoms with Gasteiger partial charge in [0.2, 0.25) is 0 Å². The second-order valence-electron chi connectivity index (χ2n) is 14.5. The summed E-state index contributed by atoms with van der Waals surface area (Å²) in [6, 6.07) is 37.1. The van der Waals surface area contributed by atoms with Crippen molar-refractivity contribution in [1.29, 1.82) is 0 Å². The normalized spacial score (nSPS) is 15.9. The number of carboxylic acids is 1. The van der Waals surface area contributed by atoms with Gasteiger partial charge >= 0.3 is 30.2 Å². The van der Waals surface area contributed by atoms with Crippen molar-refractivity contribution in [3.8, 4) is 0 Å². The summed E-state index contributed by atoms with van der Waals surface area (Å²) in [6.45, 7) is 3.57. The number of hydrogen-bond acceptors (Lipinski definition) is 6. The predicted octanol–water partition coefficient (Wildman–Crippen LogP) is 8.18. The minimum Gasteiger partial charge on any atom is -0.481 e. The number of aliphatic carboxylic acids is 1. The van der Waals surface area contributed by atoms with Gasteiger partial charge in [-0.05, 0) is 89.8 Å². The standard InChI is InChI=1S/C24H22N2O3.C21H20F3N3O3/c1-29-23(27)20-9-13-22(14-10-20)26-16-15-25(24(26)28)21-11-7-19(8-12-21)17-18-5-3-2-4-6-18;22-21(23,24)16-2-1-3-18(10-16)27-9-8-26(20(27)30)17-6-4-14(5-7-17)11-25-12-15(13-25)19(28)29/h2-14H,15-17H2,1H3;1-7,10,15H,8-9,11-13H2,(H,28,29). The third-order valence-electron chi connectivity index (χ3n) is 10.6. The number of amides is 4.